The topological polar surface area (TPSA) is 47.0 Å². The van der Waals surface area contributed by atoms with Gasteiger partial charge in [-0.1, -0.05) is 17.7 Å². The van der Waals surface area contributed by atoms with Crippen molar-refractivity contribution in [1.29, 1.82) is 0 Å². The fraction of sp³-hybridized carbons (Fsp3) is 0.167. The number of hydrogen-bond donors (Lipinski definition) is 1. The van der Waals surface area contributed by atoms with Crippen LogP contribution in [0.1, 0.15) is 5.56 Å². The molecule has 2 aromatic rings. The Balaban J connectivity index is 2.18. The highest BCUT2D eigenvalue weighted by atomic mass is 79.9. The minimum absolute atomic E-state index is 0.526. The van der Waals surface area contributed by atoms with Crippen LogP contribution in [0.5, 0.6) is 5.75 Å². The molecular weight excluding hydrogens is 318 g/mol. The van der Waals surface area contributed by atoms with Crippen molar-refractivity contribution in [2.75, 3.05) is 12.4 Å². The molecule has 4 nitrogen and oxygen atoms in total. The summed E-state index contributed by atoms with van der Waals surface area (Å²) in [7, 11) is 1.62. The van der Waals surface area contributed by atoms with Crippen LogP contribution in [0.25, 0.3) is 0 Å². The van der Waals surface area contributed by atoms with E-state index in [-0.39, 0.29) is 0 Å². The van der Waals surface area contributed by atoms with E-state index in [1.165, 1.54) is 6.33 Å². The molecule has 0 bridgehead atoms. The maximum Gasteiger partial charge on any atom is 0.144 e. The van der Waals surface area contributed by atoms with Crippen molar-refractivity contribution in [3.8, 4) is 5.75 Å². The highest BCUT2D eigenvalue weighted by molar-refractivity contribution is 9.10. The first-order valence-corrected chi connectivity index (χ1v) is 6.40. The smallest absolute Gasteiger partial charge is 0.144 e. The van der Waals surface area contributed by atoms with Gasteiger partial charge in [0.2, 0.25) is 0 Å². The van der Waals surface area contributed by atoms with E-state index < -0.39 is 0 Å². The Morgan fingerprint density at radius 1 is 1.44 bits per heavy atom. The average molecular weight is 329 g/mol. The molecule has 94 valence electrons. The number of rotatable bonds is 4. The van der Waals surface area contributed by atoms with Crippen molar-refractivity contribution >= 4 is 33.3 Å². The third-order valence-corrected chi connectivity index (χ3v) is 3.33. The van der Waals surface area contributed by atoms with E-state index in [2.05, 4.69) is 31.2 Å². The maximum absolute atomic E-state index is 6.15. The molecule has 1 heterocycles. The standard InChI is InChI=1S/C12H11BrClN3O/c1-18-11-4-2-3-10(14)8(11)5-16-12-9(13)6-15-7-17-12/h2-4,6-7H,5H2,1H3,(H,15,16,17). The van der Waals surface area contributed by atoms with Crippen molar-refractivity contribution in [1.82, 2.24) is 9.97 Å². The number of nitrogens with zero attached hydrogens (tertiary/aromatic N) is 2. The Hall–Kier alpha value is -1.33. The highest BCUT2D eigenvalue weighted by Crippen LogP contribution is 2.27. The fourth-order valence-electron chi connectivity index (χ4n) is 1.52. The zero-order valence-electron chi connectivity index (χ0n) is 9.65. The molecule has 2 rings (SSSR count). The molecule has 0 saturated carbocycles. The molecule has 0 radical (unpaired) electrons. The van der Waals surface area contributed by atoms with Crippen LogP contribution in [0.3, 0.4) is 0 Å². The number of anilines is 1. The molecule has 0 amide bonds. The molecule has 1 aromatic carbocycles. The second-order valence-electron chi connectivity index (χ2n) is 3.49. The van der Waals surface area contributed by atoms with Gasteiger partial charge in [0.25, 0.3) is 0 Å². The van der Waals surface area contributed by atoms with Crippen LogP contribution in [0.4, 0.5) is 5.82 Å². The van der Waals surface area contributed by atoms with Crippen molar-refractivity contribution in [3.63, 3.8) is 0 Å². The first-order valence-electron chi connectivity index (χ1n) is 5.23. The summed E-state index contributed by atoms with van der Waals surface area (Å²) in [5.74, 6) is 1.46. The lowest BCUT2D eigenvalue weighted by Gasteiger charge is -2.12. The predicted octanol–water partition coefficient (Wildman–Crippen LogP) is 3.51. The van der Waals surface area contributed by atoms with Gasteiger partial charge in [0, 0.05) is 23.3 Å². The van der Waals surface area contributed by atoms with Crippen molar-refractivity contribution in [2.24, 2.45) is 0 Å². The Kier molecular flexibility index (Phi) is 4.38. The van der Waals surface area contributed by atoms with Crippen molar-refractivity contribution < 1.29 is 4.74 Å². The molecule has 0 aliphatic rings. The van der Waals surface area contributed by atoms with Crippen LogP contribution in [-0.4, -0.2) is 17.1 Å². The van der Waals surface area contributed by atoms with E-state index in [1.54, 1.807) is 13.3 Å². The quantitative estimate of drug-likeness (QED) is 0.933. The van der Waals surface area contributed by atoms with Gasteiger partial charge in [0.1, 0.15) is 17.9 Å². The van der Waals surface area contributed by atoms with Gasteiger partial charge in [-0.3, -0.25) is 0 Å². The summed E-state index contributed by atoms with van der Waals surface area (Å²) in [6.07, 6.45) is 3.16. The second-order valence-corrected chi connectivity index (χ2v) is 4.76. The lowest BCUT2D eigenvalue weighted by molar-refractivity contribution is 0.410. The first-order chi connectivity index (χ1) is 8.72. The van der Waals surface area contributed by atoms with Crippen LogP contribution in [0, 0.1) is 0 Å². The first kappa shape index (κ1) is 13.1. The van der Waals surface area contributed by atoms with Crippen LogP contribution in [-0.2, 0) is 6.54 Å². The Morgan fingerprint density at radius 2 is 2.28 bits per heavy atom. The van der Waals surface area contributed by atoms with E-state index >= 15 is 0 Å². The molecule has 1 N–H and O–H groups in total. The predicted molar refractivity (Wildman–Crippen MR) is 75.1 cm³/mol. The summed E-state index contributed by atoms with van der Waals surface area (Å²) >= 11 is 9.52. The molecular formula is C12H11BrClN3O. The molecule has 0 unspecified atom stereocenters. The van der Waals surface area contributed by atoms with Gasteiger partial charge < -0.3 is 10.1 Å². The van der Waals surface area contributed by atoms with Gasteiger partial charge in [-0.05, 0) is 28.1 Å². The molecule has 0 aliphatic heterocycles. The number of hydrogen-bond acceptors (Lipinski definition) is 4. The Labute approximate surface area is 118 Å². The van der Waals surface area contributed by atoms with Gasteiger partial charge in [-0.15, -0.1) is 0 Å². The van der Waals surface area contributed by atoms with E-state index in [1.807, 2.05) is 18.2 Å². The van der Waals surface area contributed by atoms with Crippen molar-refractivity contribution in [3.05, 3.63) is 45.8 Å². The normalized spacial score (nSPS) is 10.2. The minimum Gasteiger partial charge on any atom is -0.496 e. The number of aromatic nitrogens is 2. The van der Waals surface area contributed by atoms with Gasteiger partial charge in [0.15, 0.2) is 0 Å². The maximum atomic E-state index is 6.15. The van der Waals surface area contributed by atoms with Crippen LogP contribution in [0.2, 0.25) is 5.02 Å². The Bertz CT molecular complexity index is 551. The number of nitrogens with one attached hydrogen (secondary N) is 1. The molecule has 0 spiro atoms. The largest absolute Gasteiger partial charge is 0.496 e. The van der Waals surface area contributed by atoms with E-state index in [0.29, 0.717) is 17.4 Å². The van der Waals surface area contributed by atoms with Gasteiger partial charge in [-0.25, -0.2) is 9.97 Å². The van der Waals surface area contributed by atoms with E-state index in [4.69, 9.17) is 16.3 Å². The highest BCUT2D eigenvalue weighted by Gasteiger charge is 2.08. The summed E-state index contributed by atoms with van der Waals surface area (Å²) < 4.78 is 6.08. The van der Waals surface area contributed by atoms with Crippen LogP contribution >= 0.6 is 27.5 Å². The van der Waals surface area contributed by atoms with Gasteiger partial charge in [0.05, 0.1) is 11.6 Å². The second kappa shape index (κ2) is 6.02. The van der Waals surface area contributed by atoms with Crippen LogP contribution < -0.4 is 10.1 Å². The lowest BCUT2D eigenvalue weighted by Crippen LogP contribution is -2.04. The molecule has 0 saturated heterocycles. The van der Waals surface area contributed by atoms with Gasteiger partial charge >= 0.3 is 0 Å². The molecule has 0 aliphatic carbocycles. The van der Waals surface area contributed by atoms with E-state index in [9.17, 15) is 0 Å². The van der Waals surface area contributed by atoms with Gasteiger partial charge in [-0.2, -0.15) is 0 Å². The summed E-state index contributed by atoms with van der Waals surface area (Å²) in [5, 5.41) is 3.84. The molecule has 18 heavy (non-hydrogen) atoms. The SMILES string of the molecule is COc1cccc(Cl)c1CNc1ncncc1Br. The molecule has 6 heteroatoms. The number of halogens is 2. The van der Waals surface area contributed by atoms with Crippen LogP contribution in [0.15, 0.2) is 35.2 Å². The molecule has 0 atom stereocenters. The number of methoxy groups -OCH3 is 1. The average Bonchev–Trinajstić information content (AvgIpc) is 2.39. The summed E-state index contributed by atoms with van der Waals surface area (Å²) in [4.78, 5) is 8.03. The van der Waals surface area contributed by atoms with Crippen molar-refractivity contribution in [2.45, 2.75) is 6.54 Å². The minimum atomic E-state index is 0.526. The summed E-state index contributed by atoms with van der Waals surface area (Å²) in [6.45, 7) is 0.526. The third kappa shape index (κ3) is 2.91. The fourth-order valence-corrected chi connectivity index (χ4v) is 2.11. The summed E-state index contributed by atoms with van der Waals surface area (Å²) in [5.41, 5.74) is 0.896. The third-order valence-electron chi connectivity index (χ3n) is 2.40. The monoisotopic (exact) mass is 327 g/mol. The zero-order chi connectivity index (χ0) is 13.0. The molecule has 1 aromatic heterocycles. The van der Waals surface area contributed by atoms with E-state index in [0.717, 1.165) is 15.8 Å². The summed E-state index contributed by atoms with van der Waals surface area (Å²) in [6, 6.07) is 5.55. The number of benzene rings is 1. The Morgan fingerprint density at radius 3 is 3.00 bits per heavy atom. The number of ether oxygens (including phenoxy) is 1. The zero-order valence-corrected chi connectivity index (χ0v) is 12.0. The lowest BCUT2D eigenvalue weighted by atomic mass is 10.2. The molecule has 0 fully saturated rings.